The quantitative estimate of drug-likeness (QED) is 0.874. The molecule has 1 heterocycles. The molecule has 0 radical (unpaired) electrons. The van der Waals surface area contributed by atoms with E-state index in [9.17, 15) is 14.0 Å². The minimum Gasteiger partial charge on any atom is -0.479 e. The number of halogens is 1. The molecule has 1 aromatic rings. The number of carboxylic acid groups (broad SMARTS) is 1. The summed E-state index contributed by atoms with van der Waals surface area (Å²) in [4.78, 5) is 24.3. The van der Waals surface area contributed by atoms with E-state index >= 15 is 0 Å². The van der Waals surface area contributed by atoms with Gasteiger partial charge in [-0.1, -0.05) is 12.1 Å². The van der Waals surface area contributed by atoms with Gasteiger partial charge in [0.05, 0.1) is 19.6 Å². The second-order valence-corrected chi connectivity index (χ2v) is 4.34. The van der Waals surface area contributed by atoms with Crippen molar-refractivity contribution in [1.82, 2.24) is 4.90 Å². The molecule has 1 aliphatic rings. The number of rotatable bonds is 3. The van der Waals surface area contributed by atoms with Gasteiger partial charge in [0.25, 0.3) is 0 Å². The number of amides is 1. The summed E-state index contributed by atoms with van der Waals surface area (Å²) in [5.41, 5.74) is 0.699. The van der Waals surface area contributed by atoms with Gasteiger partial charge in [0.15, 0.2) is 6.10 Å². The summed E-state index contributed by atoms with van der Waals surface area (Å²) in [5, 5.41) is 8.85. The number of morpholine rings is 1. The summed E-state index contributed by atoms with van der Waals surface area (Å²) < 4.78 is 17.8. The van der Waals surface area contributed by atoms with Crippen molar-refractivity contribution < 1.29 is 23.8 Å². The van der Waals surface area contributed by atoms with E-state index in [1.165, 1.54) is 17.0 Å². The fraction of sp³-hybridized carbons (Fsp3) is 0.385. The molecule has 1 aromatic carbocycles. The normalized spacial score (nSPS) is 19.2. The van der Waals surface area contributed by atoms with E-state index < -0.39 is 12.1 Å². The van der Waals surface area contributed by atoms with Crippen LogP contribution in [0.2, 0.25) is 0 Å². The molecular formula is C13H14FNO4. The third-order valence-electron chi connectivity index (χ3n) is 2.96. The Morgan fingerprint density at radius 3 is 2.68 bits per heavy atom. The first-order chi connectivity index (χ1) is 9.06. The van der Waals surface area contributed by atoms with Crippen LogP contribution in [0.3, 0.4) is 0 Å². The van der Waals surface area contributed by atoms with E-state index in [4.69, 9.17) is 9.84 Å². The van der Waals surface area contributed by atoms with E-state index in [-0.39, 0.29) is 31.3 Å². The van der Waals surface area contributed by atoms with Gasteiger partial charge in [0, 0.05) is 6.54 Å². The van der Waals surface area contributed by atoms with Gasteiger partial charge in [-0.25, -0.2) is 9.18 Å². The van der Waals surface area contributed by atoms with Gasteiger partial charge in [-0.2, -0.15) is 0 Å². The topological polar surface area (TPSA) is 66.8 Å². The summed E-state index contributed by atoms with van der Waals surface area (Å²) in [7, 11) is 0. The Kier molecular flexibility index (Phi) is 4.11. The number of nitrogens with zero attached hydrogens (tertiary/aromatic N) is 1. The summed E-state index contributed by atoms with van der Waals surface area (Å²) in [6.45, 7) is 0.644. The molecule has 1 N–H and O–H groups in total. The minimum absolute atomic E-state index is 0.0510. The second-order valence-electron chi connectivity index (χ2n) is 4.34. The smallest absolute Gasteiger partial charge is 0.334 e. The van der Waals surface area contributed by atoms with Crippen molar-refractivity contribution in [1.29, 1.82) is 0 Å². The number of carboxylic acids is 1. The van der Waals surface area contributed by atoms with Crippen LogP contribution in [0, 0.1) is 5.82 Å². The first-order valence-corrected chi connectivity index (χ1v) is 5.93. The van der Waals surface area contributed by atoms with E-state index in [0.29, 0.717) is 12.1 Å². The molecule has 19 heavy (non-hydrogen) atoms. The van der Waals surface area contributed by atoms with E-state index in [1.807, 2.05) is 0 Å². The summed E-state index contributed by atoms with van der Waals surface area (Å²) >= 11 is 0. The first kappa shape index (κ1) is 13.5. The maximum Gasteiger partial charge on any atom is 0.334 e. The molecule has 1 fully saturated rings. The zero-order valence-electron chi connectivity index (χ0n) is 10.2. The van der Waals surface area contributed by atoms with Crippen LogP contribution < -0.4 is 0 Å². The highest BCUT2D eigenvalue weighted by molar-refractivity contribution is 5.80. The predicted molar refractivity (Wildman–Crippen MR) is 64.1 cm³/mol. The van der Waals surface area contributed by atoms with Crippen molar-refractivity contribution in [2.45, 2.75) is 12.5 Å². The lowest BCUT2D eigenvalue weighted by atomic mass is 10.1. The van der Waals surface area contributed by atoms with Gasteiger partial charge in [-0.3, -0.25) is 4.79 Å². The number of aliphatic carboxylic acids is 1. The Labute approximate surface area is 109 Å². The van der Waals surface area contributed by atoms with Crippen molar-refractivity contribution in [3.8, 4) is 0 Å². The molecule has 0 aliphatic carbocycles. The molecule has 1 amide bonds. The lowest BCUT2D eigenvalue weighted by Gasteiger charge is -2.30. The highest BCUT2D eigenvalue weighted by Crippen LogP contribution is 2.10. The molecule has 0 saturated carbocycles. The van der Waals surface area contributed by atoms with Crippen molar-refractivity contribution in [2.75, 3.05) is 19.7 Å². The van der Waals surface area contributed by atoms with E-state index in [1.54, 1.807) is 12.1 Å². The first-order valence-electron chi connectivity index (χ1n) is 5.93. The van der Waals surface area contributed by atoms with Gasteiger partial charge in [-0.05, 0) is 17.7 Å². The van der Waals surface area contributed by atoms with Gasteiger partial charge >= 0.3 is 5.97 Å². The number of hydrogen-bond acceptors (Lipinski definition) is 3. The Morgan fingerprint density at radius 1 is 1.37 bits per heavy atom. The van der Waals surface area contributed by atoms with Crippen LogP contribution in [0.15, 0.2) is 24.3 Å². The fourth-order valence-corrected chi connectivity index (χ4v) is 1.91. The largest absolute Gasteiger partial charge is 0.479 e. The molecule has 0 aromatic heterocycles. The van der Waals surface area contributed by atoms with E-state index in [0.717, 1.165) is 0 Å². The van der Waals surface area contributed by atoms with Crippen molar-refractivity contribution in [3.63, 3.8) is 0 Å². The van der Waals surface area contributed by atoms with Crippen LogP contribution in [0.25, 0.3) is 0 Å². The summed E-state index contributed by atoms with van der Waals surface area (Å²) in [5.74, 6) is -1.60. The lowest BCUT2D eigenvalue weighted by molar-refractivity contribution is -0.159. The number of carbonyl (C=O) groups excluding carboxylic acids is 1. The maximum absolute atomic E-state index is 12.7. The third-order valence-corrected chi connectivity index (χ3v) is 2.96. The Balaban J connectivity index is 1.96. The predicted octanol–water partition coefficient (Wildman–Crippen LogP) is 0.680. The van der Waals surface area contributed by atoms with Crippen molar-refractivity contribution in [3.05, 3.63) is 35.6 Å². The lowest BCUT2D eigenvalue weighted by Crippen LogP contribution is -2.49. The second kappa shape index (κ2) is 5.79. The molecule has 1 saturated heterocycles. The standard InChI is InChI=1S/C13H14FNO4/c14-10-3-1-9(2-4-10)7-12(16)15-5-6-19-11(8-15)13(17)18/h1-4,11H,5-8H2,(H,17,18)/t11-/m0/s1. The van der Waals surface area contributed by atoms with Gasteiger partial charge < -0.3 is 14.7 Å². The molecule has 1 atom stereocenters. The number of benzene rings is 1. The SMILES string of the molecule is O=C(O)[C@@H]1CN(C(=O)Cc2ccc(F)cc2)CCO1. The zero-order chi connectivity index (χ0) is 13.8. The molecule has 102 valence electrons. The van der Waals surface area contributed by atoms with Crippen LogP contribution in [-0.4, -0.2) is 47.7 Å². The fourth-order valence-electron chi connectivity index (χ4n) is 1.91. The van der Waals surface area contributed by atoms with Crippen LogP contribution in [0.5, 0.6) is 0 Å². The maximum atomic E-state index is 12.7. The number of ether oxygens (including phenoxy) is 1. The molecule has 0 unspecified atom stereocenters. The van der Waals surface area contributed by atoms with Crippen LogP contribution >= 0.6 is 0 Å². The van der Waals surface area contributed by atoms with E-state index in [2.05, 4.69) is 0 Å². The number of carbonyl (C=O) groups is 2. The zero-order valence-corrected chi connectivity index (χ0v) is 10.2. The third kappa shape index (κ3) is 3.51. The van der Waals surface area contributed by atoms with Gasteiger partial charge in [0.1, 0.15) is 5.82 Å². The molecule has 6 heteroatoms. The summed E-state index contributed by atoms with van der Waals surface area (Å²) in [6.07, 6.45) is -0.835. The minimum atomic E-state index is -1.07. The Bertz CT molecular complexity index is 474. The average molecular weight is 267 g/mol. The molecular weight excluding hydrogens is 253 g/mol. The average Bonchev–Trinajstić information content (AvgIpc) is 2.41. The Hall–Kier alpha value is -1.95. The molecule has 1 aliphatic heterocycles. The van der Waals surface area contributed by atoms with Gasteiger partial charge in [0.2, 0.25) is 5.91 Å². The number of hydrogen-bond donors (Lipinski definition) is 1. The highest BCUT2D eigenvalue weighted by Gasteiger charge is 2.28. The molecule has 0 spiro atoms. The van der Waals surface area contributed by atoms with Crippen LogP contribution in [0.4, 0.5) is 4.39 Å². The molecule has 2 rings (SSSR count). The molecule has 5 nitrogen and oxygen atoms in total. The van der Waals surface area contributed by atoms with Crippen molar-refractivity contribution in [2.24, 2.45) is 0 Å². The summed E-state index contributed by atoms with van der Waals surface area (Å²) in [6, 6.07) is 5.68. The van der Waals surface area contributed by atoms with Crippen LogP contribution in [-0.2, 0) is 20.7 Å². The highest BCUT2D eigenvalue weighted by atomic mass is 19.1. The van der Waals surface area contributed by atoms with Gasteiger partial charge in [-0.15, -0.1) is 0 Å². The van der Waals surface area contributed by atoms with Crippen molar-refractivity contribution >= 4 is 11.9 Å². The van der Waals surface area contributed by atoms with Crippen LogP contribution in [0.1, 0.15) is 5.56 Å². The Morgan fingerprint density at radius 2 is 2.05 bits per heavy atom. The molecule has 0 bridgehead atoms. The monoisotopic (exact) mass is 267 g/mol.